The molecule has 5 nitrogen and oxygen atoms in total. The van der Waals surface area contributed by atoms with Gasteiger partial charge in [-0.05, 0) is 35.7 Å². The second-order valence-corrected chi connectivity index (χ2v) is 7.32. The first-order valence-corrected chi connectivity index (χ1v) is 10.1. The molecule has 148 valence electrons. The van der Waals surface area contributed by atoms with E-state index in [1.54, 1.807) is 0 Å². The summed E-state index contributed by atoms with van der Waals surface area (Å²) in [4.78, 5) is 21.5. The number of carbonyl (C=O) groups excluding carboxylic acids is 1. The van der Waals surface area contributed by atoms with Crippen LogP contribution in [0.2, 0.25) is 0 Å². The van der Waals surface area contributed by atoms with Crippen molar-refractivity contribution in [2.75, 3.05) is 42.9 Å². The van der Waals surface area contributed by atoms with Crippen LogP contribution in [0.3, 0.4) is 0 Å². The van der Waals surface area contributed by atoms with Crippen LogP contribution in [0.5, 0.6) is 0 Å². The molecule has 0 saturated carbocycles. The molecule has 0 spiro atoms. The fourth-order valence-electron chi connectivity index (χ4n) is 3.68. The maximum absolute atomic E-state index is 12.7. The van der Waals surface area contributed by atoms with Crippen LogP contribution >= 0.6 is 0 Å². The molecular weight excluding hydrogens is 360 g/mol. The van der Waals surface area contributed by atoms with Crippen LogP contribution in [-0.4, -0.2) is 48.5 Å². The number of pyridine rings is 1. The Labute approximate surface area is 172 Å². The van der Waals surface area contributed by atoms with E-state index in [0.29, 0.717) is 6.54 Å². The van der Waals surface area contributed by atoms with Crippen LogP contribution in [0, 0.1) is 0 Å². The molecule has 0 aliphatic carbocycles. The molecule has 1 aliphatic heterocycles. The zero-order valence-electron chi connectivity index (χ0n) is 16.5. The van der Waals surface area contributed by atoms with Crippen molar-refractivity contribution < 1.29 is 4.79 Å². The van der Waals surface area contributed by atoms with Gasteiger partial charge in [-0.25, -0.2) is 4.98 Å². The van der Waals surface area contributed by atoms with Crippen molar-refractivity contribution in [1.82, 2.24) is 9.88 Å². The summed E-state index contributed by atoms with van der Waals surface area (Å²) in [5.41, 5.74) is 3.26. The maximum Gasteiger partial charge on any atom is 0.238 e. The monoisotopic (exact) mass is 386 g/mol. The Kier molecular flexibility index (Phi) is 6.17. The van der Waals surface area contributed by atoms with E-state index >= 15 is 0 Å². The first-order chi connectivity index (χ1) is 14.3. The van der Waals surface area contributed by atoms with Gasteiger partial charge < -0.3 is 10.2 Å². The fourth-order valence-corrected chi connectivity index (χ4v) is 3.68. The van der Waals surface area contributed by atoms with Crippen molar-refractivity contribution >= 4 is 17.4 Å². The second-order valence-electron chi connectivity index (χ2n) is 7.32. The summed E-state index contributed by atoms with van der Waals surface area (Å²) < 4.78 is 0. The van der Waals surface area contributed by atoms with E-state index in [1.807, 2.05) is 60.8 Å². The zero-order chi connectivity index (χ0) is 19.9. The number of hydrogen-bond acceptors (Lipinski definition) is 4. The summed E-state index contributed by atoms with van der Waals surface area (Å²) in [5.74, 6) is 1.04. The molecule has 1 amide bonds. The van der Waals surface area contributed by atoms with Crippen molar-refractivity contribution in [2.45, 2.75) is 6.42 Å². The summed E-state index contributed by atoms with van der Waals surface area (Å²) in [6, 6.07) is 24.3. The van der Waals surface area contributed by atoms with Gasteiger partial charge in [-0.1, -0.05) is 54.6 Å². The summed E-state index contributed by atoms with van der Waals surface area (Å²) >= 11 is 0. The van der Waals surface area contributed by atoms with Crippen molar-refractivity contribution in [1.29, 1.82) is 0 Å². The Hall–Kier alpha value is -3.18. The van der Waals surface area contributed by atoms with E-state index in [-0.39, 0.29) is 5.91 Å². The van der Waals surface area contributed by atoms with Gasteiger partial charge in [-0.3, -0.25) is 9.69 Å². The van der Waals surface area contributed by atoms with E-state index in [2.05, 4.69) is 38.3 Å². The minimum Gasteiger partial charge on any atom is -0.354 e. The number of hydrogen-bond donors (Lipinski definition) is 1. The number of amides is 1. The summed E-state index contributed by atoms with van der Waals surface area (Å²) in [6.07, 6.45) is 2.63. The number of aromatic nitrogens is 1. The highest BCUT2D eigenvalue weighted by molar-refractivity contribution is 5.93. The number of anilines is 2. The van der Waals surface area contributed by atoms with Gasteiger partial charge in [0.1, 0.15) is 5.82 Å². The minimum absolute atomic E-state index is 0.0387. The number of nitrogens with zero attached hydrogens (tertiary/aromatic N) is 3. The number of para-hydroxylation sites is 1. The Balaban J connectivity index is 1.31. The van der Waals surface area contributed by atoms with Crippen LogP contribution in [0.25, 0.3) is 0 Å². The normalized spacial score (nSPS) is 14.6. The first-order valence-electron chi connectivity index (χ1n) is 10.1. The summed E-state index contributed by atoms with van der Waals surface area (Å²) in [7, 11) is 0. The lowest BCUT2D eigenvalue weighted by atomic mass is 10.0. The molecule has 1 N–H and O–H groups in total. The van der Waals surface area contributed by atoms with E-state index in [0.717, 1.165) is 49.7 Å². The maximum atomic E-state index is 12.7. The van der Waals surface area contributed by atoms with Crippen molar-refractivity contribution in [2.24, 2.45) is 0 Å². The van der Waals surface area contributed by atoms with E-state index in [1.165, 1.54) is 5.56 Å². The van der Waals surface area contributed by atoms with Gasteiger partial charge >= 0.3 is 0 Å². The van der Waals surface area contributed by atoms with Crippen molar-refractivity contribution in [3.63, 3.8) is 0 Å². The van der Waals surface area contributed by atoms with Gasteiger partial charge in [-0.15, -0.1) is 0 Å². The third kappa shape index (κ3) is 5.21. The fraction of sp³-hybridized carbons (Fsp3) is 0.250. The van der Waals surface area contributed by atoms with Gasteiger partial charge in [0, 0.05) is 38.1 Å². The van der Waals surface area contributed by atoms with Crippen LogP contribution in [0.4, 0.5) is 11.5 Å². The quantitative estimate of drug-likeness (QED) is 0.705. The Morgan fingerprint density at radius 1 is 0.862 bits per heavy atom. The molecule has 5 heteroatoms. The van der Waals surface area contributed by atoms with Crippen LogP contribution < -0.4 is 10.2 Å². The Morgan fingerprint density at radius 2 is 1.59 bits per heavy atom. The number of benzene rings is 2. The van der Waals surface area contributed by atoms with Gasteiger partial charge in [0.15, 0.2) is 0 Å². The predicted molar refractivity (Wildman–Crippen MR) is 117 cm³/mol. The highest BCUT2D eigenvalue weighted by Crippen LogP contribution is 2.19. The molecule has 2 heterocycles. The molecule has 0 bridgehead atoms. The van der Waals surface area contributed by atoms with Crippen LogP contribution in [0.1, 0.15) is 11.1 Å². The molecule has 2 aromatic carbocycles. The number of piperazine rings is 1. The number of nitrogens with one attached hydrogen (secondary N) is 1. The third-order valence-corrected chi connectivity index (χ3v) is 5.24. The molecule has 0 unspecified atom stereocenters. The molecular formula is C24H26N4O. The number of rotatable bonds is 6. The highest BCUT2D eigenvalue weighted by Gasteiger charge is 2.20. The lowest BCUT2D eigenvalue weighted by Crippen LogP contribution is -2.48. The SMILES string of the molecule is O=C(CN1CCN(c2ccccn2)CC1)Nc1ccccc1Cc1ccccc1. The molecule has 0 atom stereocenters. The molecule has 1 aliphatic rings. The van der Waals surface area contributed by atoms with Gasteiger partial charge in [0.05, 0.1) is 6.54 Å². The van der Waals surface area contributed by atoms with Gasteiger partial charge in [0.2, 0.25) is 5.91 Å². The average Bonchev–Trinajstić information content (AvgIpc) is 2.77. The topological polar surface area (TPSA) is 48.5 Å². The predicted octanol–water partition coefficient (Wildman–Crippen LogP) is 3.43. The molecule has 4 rings (SSSR count). The minimum atomic E-state index is 0.0387. The van der Waals surface area contributed by atoms with Gasteiger partial charge in [0.25, 0.3) is 0 Å². The first kappa shape index (κ1) is 19.2. The molecule has 1 fully saturated rings. The Bertz CT molecular complexity index is 922. The molecule has 1 aromatic heterocycles. The van der Waals surface area contributed by atoms with Crippen molar-refractivity contribution in [3.05, 3.63) is 90.1 Å². The molecule has 3 aromatic rings. The third-order valence-electron chi connectivity index (χ3n) is 5.24. The lowest BCUT2D eigenvalue weighted by Gasteiger charge is -2.35. The van der Waals surface area contributed by atoms with E-state index < -0.39 is 0 Å². The van der Waals surface area contributed by atoms with E-state index in [4.69, 9.17) is 0 Å². The lowest BCUT2D eigenvalue weighted by molar-refractivity contribution is -0.117. The molecule has 29 heavy (non-hydrogen) atoms. The smallest absolute Gasteiger partial charge is 0.238 e. The standard InChI is InChI=1S/C24H26N4O/c29-24(19-27-14-16-28(17-15-27)23-12-6-7-13-25-23)26-22-11-5-4-10-21(22)18-20-8-2-1-3-9-20/h1-13H,14-19H2,(H,26,29). The summed E-state index contributed by atoms with van der Waals surface area (Å²) in [6.45, 7) is 3.89. The van der Waals surface area contributed by atoms with E-state index in [9.17, 15) is 4.79 Å². The average molecular weight is 386 g/mol. The second kappa shape index (κ2) is 9.34. The highest BCUT2D eigenvalue weighted by atomic mass is 16.2. The van der Waals surface area contributed by atoms with Gasteiger partial charge in [-0.2, -0.15) is 0 Å². The molecule has 1 saturated heterocycles. The number of carbonyl (C=O) groups is 1. The largest absolute Gasteiger partial charge is 0.354 e. The van der Waals surface area contributed by atoms with Crippen molar-refractivity contribution in [3.8, 4) is 0 Å². The van der Waals surface area contributed by atoms with Crippen LogP contribution in [0.15, 0.2) is 79.0 Å². The van der Waals surface area contributed by atoms with Crippen LogP contribution in [-0.2, 0) is 11.2 Å². The zero-order valence-corrected chi connectivity index (χ0v) is 16.5. The summed E-state index contributed by atoms with van der Waals surface area (Å²) in [5, 5.41) is 3.11. The Morgan fingerprint density at radius 3 is 2.34 bits per heavy atom. The molecule has 0 radical (unpaired) electrons.